The van der Waals surface area contributed by atoms with Crippen molar-refractivity contribution in [2.75, 3.05) is 25.5 Å². The molecular formula is C17H20N2O. The van der Waals surface area contributed by atoms with Crippen LogP contribution in [0.15, 0.2) is 54.6 Å². The SMILES string of the molecule is CN(C)c1cccc(C(=O)NCCc2ccccc2)c1. The van der Waals surface area contributed by atoms with Crippen LogP contribution in [0.5, 0.6) is 0 Å². The maximum atomic E-state index is 12.1. The van der Waals surface area contributed by atoms with Crippen molar-refractivity contribution in [2.24, 2.45) is 0 Å². The highest BCUT2D eigenvalue weighted by atomic mass is 16.1. The Bertz CT molecular complexity index is 564. The third-order valence-electron chi connectivity index (χ3n) is 3.17. The molecule has 1 N–H and O–H groups in total. The van der Waals surface area contributed by atoms with E-state index in [2.05, 4.69) is 17.4 Å². The Kier molecular flexibility index (Phi) is 4.77. The third kappa shape index (κ3) is 3.85. The highest BCUT2D eigenvalue weighted by molar-refractivity contribution is 5.95. The minimum absolute atomic E-state index is 0.0235. The van der Waals surface area contributed by atoms with Gasteiger partial charge in [-0.1, -0.05) is 36.4 Å². The number of hydrogen-bond acceptors (Lipinski definition) is 2. The molecular weight excluding hydrogens is 248 g/mol. The molecule has 0 aliphatic rings. The summed E-state index contributed by atoms with van der Waals surface area (Å²) in [6.07, 6.45) is 0.847. The molecule has 0 spiro atoms. The summed E-state index contributed by atoms with van der Waals surface area (Å²) in [7, 11) is 3.93. The highest BCUT2D eigenvalue weighted by Crippen LogP contribution is 2.13. The van der Waals surface area contributed by atoms with E-state index in [9.17, 15) is 4.79 Å². The number of benzene rings is 2. The first-order chi connectivity index (χ1) is 9.66. The van der Waals surface area contributed by atoms with Crippen molar-refractivity contribution < 1.29 is 4.79 Å². The Labute approximate surface area is 120 Å². The molecule has 0 bridgehead atoms. The molecule has 104 valence electrons. The first kappa shape index (κ1) is 14.1. The van der Waals surface area contributed by atoms with Crippen molar-refractivity contribution in [3.05, 3.63) is 65.7 Å². The van der Waals surface area contributed by atoms with Gasteiger partial charge in [0.2, 0.25) is 0 Å². The summed E-state index contributed by atoms with van der Waals surface area (Å²) in [5, 5.41) is 2.96. The fourth-order valence-corrected chi connectivity index (χ4v) is 1.99. The summed E-state index contributed by atoms with van der Waals surface area (Å²) in [5.41, 5.74) is 2.96. The highest BCUT2D eigenvalue weighted by Gasteiger charge is 2.06. The molecule has 2 rings (SSSR count). The van der Waals surface area contributed by atoms with Crippen LogP contribution >= 0.6 is 0 Å². The Morgan fingerprint density at radius 3 is 2.50 bits per heavy atom. The summed E-state index contributed by atoms with van der Waals surface area (Å²) in [6.45, 7) is 0.648. The van der Waals surface area contributed by atoms with Crippen LogP contribution in [0.1, 0.15) is 15.9 Å². The number of rotatable bonds is 5. The Morgan fingerprint density at radius 2 is 1.80 bits per heavy atom. The summed E-state index contributed by atoms with van der Waals surface area (Å²) in [4.78, 5) is 14.1. The molecule has 0 unspecified atom stereocenters. The van der Waals surface area contributed by atoms with Gasteiger partial charge in [0.1, 0.15) is 0 Å². The quantitative estimate of drug-likeness (QED) is 0.904. The standard InChI is InChI=1S/C17H20N2O/c1-19(2)16-10-6-9-15(13-16)17(20)18-12-11-14-7-4-3-5-8-14/h3-10,13H,11-12H2,1-2H3,(H,18,20). The van der Waals surface area contributed by atoms with Gasteiger partial charge < -0.3 is 10.2 Å². The number of carbonyl (C=O) groups is 1. The molecule has 0 saturated carbocycles. The molecule has 1 amide bonds. The van der Waals surface area contributed by atoms with E-state index in [-0.39, 0.29) is 5.91 Å². The van der Waals surface area contributed by atoms with Crippen LogP contribution in [-0.4, -0.2) is 26.5 Å². The van der Waals surface area contributed by atoms with Crippen LogP contribution in [0.3, 0.4) is 0 Å². The van der Waals surface area contributed by atoms with Crippen LogP contribution in [0.4, 0.5) is 5.69 Å². The van der Waals surface area contributed by atoms with Gasteiger partial charge in [-0.2, -0.15) is 0 Å². The average Bonchev–Trinajstić information content (AvgIpc) is 2.48. The zero-order chi connectivity index (χ0) is 14.4. The van der Waals surface area contributed by atoms with E-state index in [4.69, 9.17) is 0 Å². The first-order valence-electron chi connectivity index (χ1n) is 6.76. The van der Waals surface area contributed by atoms with Crippen molar-refractivity contribution in [3.63, 3.8) is 0 Å². The smallest absolute Gasteiger partial charge is 0.251 e. The molecule has 0 aliphatic carbocycles. The molecule has 0 saturated heterocycles. The molecule has 3 heteroatoms. The maximum absolute atomic E-state index is 12.1. The number of anilines is 1. The summed E-state index contributed by atoms with van der Waals surface area (Å²) in [5.74, 6) is -0.0235. The molecule has 0 heterocycles. The predicted octanol–water partition coefficient (Wildman–Crippen LogP) is 2.73. The zero-order valence-corrected chi connectivity index (χ0v) is 12.0. The van der Waals surface area contributed by atoms with Crippen molar-refractivity contribution in [1.29, 1.82) is 0 Å². The molecule has 0 radical (unpaired) electrons. The van der Waals surface area contributed by atoms with Gasteiger partial charge in [-0.3, -0.25) is 4.79 Å². The van der Waals surface area contributed by atoms with Crippen molar-refractivity contribution in [2.45, 2.75) is 6.42 Å². The molecule has 3 nitrogen and oxygen atoms in total. The van der Waals surface area contributed by atoms with Crippen LogP contribution in [0.25, 0.3) is 0 Å². The Morgan fingerprint density at radius 1 is 1.05 bits per heavy atom. The Hall–Kier alpha value is -2.29. The molecule has 0 aromatic heterocycles. The number of amides is 1. The van der Waals surface area contributed by atoms with E-state index >= 15 is 0 Å². The molecule has 0 atom stereocenters. The van der Waals surface area contributed by atoms with E-state index in [1.807, 2.05) is 61.5 Å². The second-order valence-corrected chi connectivity index (χ2v) is 4.94. The van der Waals surface area contributed by atoms with Gasteiger partial charge >= 0.3 is 0 Å². The van der Waals surface area contributed by atoms with Crippen LogP contribution in [0, 0.1) is 0 Å². The van der Waals surface area contributed by atoms with E-state index < -0.39 is 0 Å². The van der Waals surface area contributed by atoms with Crippen molar-refractivity contribution in [1.82, 2.24) is 5.32 Å². The van der Waals surface area contributed by atoms with Gasteiger partial charge in [0.15, 0.2) is 0 Å². The second-order valence-electron chi connectivity index (χ2n) is 4.94. The topological polar surface area (TPSA) is 32.3 Å². The fourth-order valence-electron chi connectivity index (χ4n) is 1.99. The van der Waals surface area contributed by atoms with Crippen LogP contribution < -0.4 is 10.2 Å². The number of carbonyl (C=O) groups excluding carboxylic acids is 1. The Balaban J connectivity index is 1.90. The van der Waals surface area contributed by atoms with Gasteiger partial charge in [-0.05, 0) is 30.2 Å². The molecule has 0 aliphatic heterocycles. The largest absolute Gasteiger partial charge is 0.378 e. The van der Waals surface area contributed by atoms with E-state index in [0.29, 0.717) is 12.1 Å². The van der Waals surface area contributed by atoms with Crippen LogP contribution in [0.2, 0.25) is 0 Å². The van der Waals surface area contributed by atoms with E-state index in [1.54, 1.807) is 0 Å². The molecule has 2 aromatic rings. The minimum Gasteiger partial charge on any atom is -0.378 e. The van der Waals surface area contributed by atoms with Crippen molar-refractivity contribution >= 4 is 11.6 Å². The van der Waals surface area contributed by atoms with Gasteiger partial charge in [0.05, 0.1) is 0 Å². The maximum Gasteiger partial charge on any atom is 0.251 e. The fraction of sp³-hybridized carbons (Fsp3) is 0.235. The molecule has 2 aromatic carbocycles. The lowest BCUT2D eigenvalue weighted by Crippen LogP contribution is -2.25. The minimum atomic E-state index is -0.0235. The number of nitrogens with zero attached hydrogens (tertiary/aromatic N) is 1. The third-order valence-corrected chi connectivity index (χ3v) is 3.17. The predicted molar refractivity (Wildman–Crippen MR) is 83.2 cm³/mol. The molecule has 0 fully saturated rings. The first-order valence-corrected chi connectivity index (χ1v) is 6.76. The molecule has 20 heavy (non-hydrogen) atoms. The lowest BCUT2D eigenvalue weighted by Gasteiger charge is -2.13. The summed E-state index contributed by atoms with van der Waals surface area (Å²) < 4.78 is 0. The monoisotopic (exact) mass is 268 g/mol. The average molecular weight is 268 g/mol. The number of hydrogen-bond donors (Lipinski definition) is 1. The van der Waals surface area contributed by atoms with Gasteiger partial charge in [0.25, 0.3) is 5.91 Å². The summed E-state index contributed by atoms with van der Waals surface area (Å²) >= 11 is 0. The van der Waals surface area contributed by atoms with Gasteiger partial charge in [-0.25, -0.2) is 0 Å². The number of nitrogens with one attached hydrogen (secondary N) is 1. The second kappa shape index (κ2) is 6.75. The summed E-state index contributed by atoms with van der Waals surface area (Å²) in [6, 6.07) is 17.8. The van der Waals surface area contributed by atoms with E-state index in [1.165, 1.54) is 5.56 Å². The van der Waals surface area contributed by atoms with Gasteiger partial charge in [0, 0.05) is 31.9 Å². The zero-order valence-electron chi connectivity index (χ0n) is 12.0. The van der Waals surface area contributed by atoms with Gasteiger partial charge in [-0.15, -0.1) is 0 Å². The lowest BCUT2D eigenvalue weighted by atomic mass is 10.1. The van der Waals surface area contributed by atoms with Crippen molar-refractivity contribution in [3.8, 4) is 0 Å². The lowest BCUT2D eigenvalue weighted by molar-refractivity contribution is 0.0954. The van der Waals surface area contributed by atoms with Crippen LogP contribution in [-0.2, 0) is 6.42 Å². The van der Waals surface area contributed by atoms with E-state index in [0.717, 1.165) is 12.1 Å². The normalized spacial score (nSPS) is 10.1.